The average molecular weight is 665 g/mol. The summed E-state index contributed by atoms with van der Waals surface area (Å²) in [6.07, 6.45) is 10.4. The van der Waals surface area contributed by atoms with Crippen molar-refractivity contribution < 1.29 is 14.3 Å². The highest BCUT2D eigenvalue weighted by Gasteiger charge is 2.45. The molecule has 0 amide bonds. The third-order valence-corrected chi connectivity index (χ3v) is 10.2. The van der Waals surface area contributed by atoms with Crippen LogP contribution in [0.5, 0.6) is 0 Å². The number of anilines is 1. The molecule has 8 rings (SSSR count). The zero-order valence-electron chi connectivity index (χ0n) is 27.8. The molecular weight excluding hydrogens is 628 g/mol. The molecule has 1 aliphatic carbocycles. The van der Waals surface area contributed by atoms with Crippen LogP contribution in [0.2, 0.25) is 0 Å². The number of carboxylic acid groups (broad SMARTS) is 1. The number of aliphatic carboxylic acids is 1. The van der Waals surface area contributed by atoms with E-state index in [0.29, 0.717) is 59.9 Å². The number of aryl methyl sites for hydroxylation is 1. The van der Waals surface area contributed by atoms with E-state index in [1.54, 1.807) is 6.20 Å². The number of nitrogens with one attached hydrogen (secondary N) is 2. The number of pyridine rings is 2. The van der Waals surface area contributed by atoms with Gasteiger partial charge >= 0.3 is 5.97 Å². The van der Waals surface area contributed by atoms with Gasteiger partial charge in [-0.15, -0.1) is 0 Å². The normalized spacial score (nSPS) is 21.9. The molecule has 250 valence electrons. The van der Waals surface area contributed by atoms with E-state index in [0.717, 1.165) is 52.1 Å². The largest absolute Gasteiger partial charge is 0.481 e. The molecule has 3 N–H and O–H groups in total. The fourth-order valence-corrected chi connectivity index (χ4v) is 7.46. The fraction of sp³-hybridized carbons (Fsp3) is 0.282. The Balaban J connectivity index is 1.23. The van der Waals surface area contributed by atoms with Gasteiger partial charge in [-0.2, -0.15) is 5.26 Å². The summed E-state index contributed by atoms with van der Waals surface area (Å²) in [5, 5.41) is 27.7. The number of hydrogen-bond donors (Lipinski definition) is 3. The van der Waals surface area contributed by atoms with Crippen molar-refractivity contribution in [2.45, 2.75) is 32.4 Å². The summed E-state index contributed by atoms with van der Waals surface area (Å²) in [4.78, 5) is 33.0. The standard InChI is InChI=1S/C39H36N8O3/c1-23-6-3-4-7-30(23)31-8-5-11-39(24(31)2,46-36-33-26(9-12-41-36)18-29(20-44-33)35-42-13-14-43-35)38-45-32-17-25(16-28(19-40)34(32)50-38)21-47-15-10-27(22-47)37(48)49/h3-9,11-12,16-18,20,24,27H,10,13-15,21-22H2,1-2H3,(H,41,46)(H,42,43)(H,48,49)/t24?,27-,39?/m1/s1. The highest BCUT2D eigenvalue weighted by atomic mass is 16.4. The minimum absolute atomic E-state index is 0.197. The summed E-state index contributed by atoms with van der Waals surface area (Å²) in [5.41, 5.74) is 6.21. The van der Waals surface area contributed by atoms with Gasteiger partial charge in [-0.3, -0.25) is 19.7 Å². The number of hydrogen-bond acceptors (Lipinski definition) is 10. The van der Waals surface area contributed by atoms with Crippen LogP contribution in [0.3, 0.4) is 0 Å². The summed E-state index contributed by atoms with van der Waals surface area (Å²) >= 11 is 0. The number of oxazole rings is 1. The number of benzene rings is 2. The molecule has 5 aromatic rings. The Morgan fingerprint density at radius 3 is 2.88 bits per heavy atom. The number of nitriles is 1. The van der Waals surface area contributed by atoms with Gasteiger partial charge in [0, 0.05) is 48.9 Å². The predicted octanol–water partition coefficient (Wildman–Crippen LogP) is 5.80. The first-order valence-electron chi connectivity index (χ1n) is 16.9. The minimum atomic E-state index is -1.01. The first-order valence-corrected chi connectivity index (χ1v) is 16.9. The van der Waals surface area contributed by atoms with Crippen molar-refractivity contribution >= 4 is 45.2 Å². The molecule has 2 unspecified atom stereocenters. The Labute approximate surface area is 289 Å². The Morgan fingerprint density at radius 1 is 1.22 bits per heavy atom. The molecule has 3 aromatic heterocycles. The molecule has 50 heavy (non-hydrogen) atoms. The second-order valence-corrected chi connectivity index (χ2v) is 13.3. The molecule has 1 saturated heterocycles. The van der Waals surface area contributed by atoms with Gasteiger partial charge in [-0.1, -0.05) is 43.3 Å². The predicted molar refractivity (Wildman–Crippen MR) is 191 cm³/mol. The molecule has 5 heterocycles. The van der Waals surface area contributed by atoms with E-state index in [1.165, 1.54) is 0 Å². The fourth-order valence-electron chi connectivity index (χ4n) is 7.46. The molecule has 3 atom stereocenters. The Morgan fingerprint density at radius 2 is 2.10 bits per heavy atom. The zero-order valence-corrected chi connectivity index (χ0v) is 27.8. The third kappa shape index (κ3) is 5.47. The summed E-state index contributed by atoms with van der Waals surface area (Å²) < 4.78 is 6.62. The van der Waals surface area contributed by atoms with E-state index in [4.69, 9.17) is 19.4 Å². The van der Waals surface area contributed by atoms with E-state index < -0.39 is 11.5 Å². The minimum Gasteiger partial charge on any atom is -0.481 e. The van der Waals surface area contributed by atoms with E-state index in [9.17, 15) is 15.2 Å². The maximum Gasteiger partial charge on any atom is 0.307 e. The maximum absolute atomic E-state index is 11.6. The molecule has 0 saturated carbocycles. The van der Waals surface area contributed by atoms with Gasteiger partial charge in [0.15, 0.2) is 11.4 Å². The van der Waals surface area contributed by atoms with Crippen molar-refractivity contribution in [2.75, 3.05) is 31.5 Å². The van der Waals surface area contributed by atoms with E-state index in [-0.39, 0.29) is 11.8 Å². The third-order valence-electron chi connectivity index (χ3n) is 10.2. The first kappa shape index (κ1) is 31.4. The number of allylic oxidation sites excluding steroid dienone is 2. The van der Waals surface area contributed by atoms with E-state index in [1.807, 2.05) is 42.6 Å². The molecule has 3 aliphatic rings. The molecule has 2 aromatic carbocycles. The van der Waals surface area contributed by atoms with Gasteiger partial charge in [-0.25, -0.2) is 9.97 Å². The summed E-state index contributed by atoms with van der Waals surface area (Å²) in [7, 11) is 0. The lowest BCUT2D eigenvalue weighted by atomic mass is 9.73. The smallest absolute Gasteiger partial charge is 0.307 e. The van der Waals surface area contributed by atoms with Crippen LogP contribution in [0.25, 0.3) is 27.6 Å². The Kier molecular flexibility index (Phi) is 7.88. The second-order valence-electron chi connectivity index (χ2n) is 13.3. The number of fused-ring (bicyclic) bond motifs is 2. The number of aliphatic imine (C=N–C) groups is 1. The van der Waals surface area contributed by atoms with E-state index in [2.05, 4.69) is 70.8 Å². The number of amidine groups is 1. The molecule has 0 radical (unpaired) electrons. The van der Waals surface area contributed by atoms with Crippen molar-refractivity contribution in [1.29, 1.82) is 5.26 Å². The van der Waals surface area contributed by atoms with Crippen LogP contribution < -0.4 is 10.6 Å². The summed E-state index contributed by atoms with van der Waals surface area (Å²) in [6.45, 7) is 7.47. The van der Waals surface area contributed by atoms with Crippen LogP contribution in [-0.4, -0.2) is 62.9 Å². The SMILES string of the molecule is Cc1ccccc1C1=CC=CC(Nc2nccc3cc(C4=NCCN4)cnc23)(c2nc3cc(CN4CC[C@@H](C(=O)O)C4)cc(C#N)c3o2)C1C. The lowest BCUT2D eigenvalue weighted by Crippen LogP contribution is -2.42. The van der Waals surface area contributed by atoms with Crippen molar-refractivity contribution in [1.82, 2.24) is 25.2 Å². The van der Waals surface area contributed by atoms with Crippen LogP contribution in [0.4, 0.5) is 5.82 Å². The van der Waals surface area contributed by atoms with Crippen LogP contribution >= 0.6 is 0 Å². The monoisotopic (exact) mass is 664 g/mol. The Bertz CT molecular complexity index is 2300. The highest BCUT2D eigenvalue weighted by Crippen LogP contribution is 2.46. The molecular formula is C39H36N8O3. The van der Waals surface area contributed by atoms with Crippen LogP contribution in [0, 0.1) is 30.1 Å². The van der Waals surface area contributed by atoms with Crippen LogP contribution in [0.15, 0.2) is 88.6 Å². The zero-order chi connectivity index (χ0) is 34.4. The molecule has 2 aliphatic heterocycles. The maximum atomic E-state index is 11.6. The second kappa shape index (κ2) is 12.5. The number of carboxylic acids is 1. The van der Waals surface area contributed by atoms with Gasteiger partial charge in [0.1, 0.15) is 28.5 Å². The highest BCUT2D eigenvalue weighted by molar-refractivity contribution is 6.03. The molecule has 0 spiro atoms. The number of carbonyl (C=O) groups is 1. The quantitative estimate of drug-likeness (QED) is 0.185. The summed E-state index contributed by atoms with van der Waals surface area (Å²) in [5.74, 6) is 0.456. The first-order chi connectivity index (χ1) is 24.3. The number of nitrogens with zero attached hydrogens (tertiary/aromatic N) is 6. The summed E-state index contributed by atoms with van der Waals surface area (Å²) in [6, 6.07) is 18.4. The van der Waals surface area contributed by atoms with Gasteiger partial charge in [0.2, 0.25) is 5.89 Å². The van der Waals surface area contributed by atoms with Crippen molar-refractivity contribution in [3.8, 4) is 6.07 Å². The van der Waals surface area contributed by atoms with Crippen molar-refractivity contribution in [3.63, 3.8) is 0 Å². The van der Waals surface area contributed by atoms with Gasteiger partial charge in [-0.05, 0) is 72.5 Å². The number of rotatable bonds is 8. The average Bonchev–Trinajstić information content (AvgIpc) is 3.91. The van der Waals surface area contributed by atoms with Crippen LogP contribution in [-0.2, 0) is 16.9 Å². The number of aromatic nitrogens is 3. The van der Waals surface area contributed by atoms with Gasteiger partial charge < -0.3 is 20.2 Å². The molecule has 0 bridgehead atoms. The van der Waals surface area contributed by atoms with E-state index >= 15 is 0 Å². The Hall–Kier alpha value is -5.86. The van der Waals surface area contributed by atoms with Crippen LogP contribution in [0.1, 0.15) is 47.1 Å². The van der Waals surface area contributed by atoms with Crippen molar-refractivity contribution in [2.24, 2.45) is 16.8 Å². The lowest BCUT2D eigenvalue weighted by Gasteiger charge is -2.39. The van der Waals surface area contributed by atoms with Crippen molar-refractivity contribution in [3.05, 3.63) is 113 Å². The molecule has 1 fully saturated rings. The molecule has 11 nitrogen and oxygen atoms in total. The molecule has 11 heteroatoms. The lowest BCUT2D eigenvalue weighted by molar-refractivity contribution is -0.141. The topological polar surface area (TPSA) is 153 Å². The van der Waals surface area contributed by atoms with Gasteiger partial charge in [0.25, 0.3) is 0 Å². The van der Waals surface area contributed by atoms with Gasteiger partial charge in [0.05, 0.1) is 18.0 Å². The number of likely N-dealkylation sites (tertiary alicyclic amines) is 1.